The largest absolute Gasteiger partial charge is 0.385 e. The summed E-state index contributed by atoms with van der Waals surface area (Å²) in [6.07, 6.45) is 2.60. The molecule has 0 amide bonds. The highest BCUT2D eigenvalue weighted by Gasteiger charge is 2.23. The molecule has 0 bridgehead atoms. The van der Waals surface area contributed by atoms with Crippen LogP contribution in [-0.2, 0) is 5.67 Å². The zero-order chi connectivity index (χ0) is 10.8. The van der Waals surface area contributed by atoms with Crippen LogP contribution in [0.1, 0.15) is 22.3 Å². The lowest BCUT2D eigenvalue weighted by Gasteiger charge is -2.16. The normalized spacial score (nSPS) is 12.9. The van der Waals surface area contributed by atoms with Gasteiger partial charge in [0.15, 0.2) is 0 Å². The van der Waals surface area contributed by atoms with Crippen LogP contribution in [0, 0.1) is 0 Å². The van der Waals surface area contributed by atoms with E-state index in [1.165, 1.54) is 26.4 Å². The van der Waals surface area contributed by atoms with Gasteiger partial charge in [0.1, 0.15) is 17.7 Å². The number of nitrogens with zero attached hydrogens (tertiary/aromatic N) is 2. The maximum atomic E-state index is 13.6. The average molecular weight is 208 g/mol. The van der Waals surface area contributed by atoms with E-state index in [9.17, 15) is 4.39 Å². The first kappa shape index (κ1) is 8.69. The van der Waals surface area contributed by atoms with E-state index in [0.29, 0.717) is 0 Å². The lowest BCUT2D eigenvalue weighted by atomic mass is 10.1. The lowest BCUT2D eigenvalue weighted by molar-refractivity contribution is 0.215. The Bertz CT molecular complexity index is 317. The molecule has 1 aromatic rings. The van der Waals surface area contributed by atoms with E-state index in [2.05, 4.69) is 15.3 Å². The van der Waals surface area contributed by atoms with Crippen molar-refractivity contribution in [3.8, 4) is 0 Å². The summed E-state index contributed by atoms with van der Waals surface area (Å²) >= 11 is 0. The molecule has 0 aliphatic rings. The summed E-state index contributed by atoms with van der Waals surface area (Å²) in [6.45, 7) is 1.47. The predicted molar refractivity (Wildman–Crippen MR) is 53.0 cm³/mol. The fourth-order valence-corrected chi connectivity index (χ4v) is 0.909. The second-order valence-electron chi connectivity index (χ2n) is 2.90. The minimum atomic E-state index is -1.61. The van der Waals surface area contributed by atoms with Crippen molar-refractivity contribution in [3.63, 3.8) is 0 Å². The van der Waals surface area contributed by atoms with Gasteiger partial charge in [0.2, 0.25) is 0 Å². The van der Waals surface area contributed by atoms with Gasteiger partial charge in [-0.15, -0.1) is 12.4 Å². The Morgan fingerprint density at radius 2 is 2.31 bits per heavy atom. The fourth-order valence-electron chi connectivity index (χ4n) is 0.909. The fraction of sp³-hybridized carbons (Fsp3) is 0.500. The second kappa shape index (κ2) is 4.37. The smallest absolute Gasteiger partial charge is 0.149 e. The summed E-state index contributed by atoms with van der Waals surface area (Å²) in [4.78, 5) is 7.49. The van der Waals surface area contributed by atoms with Gasteiger partial charge in [0.25, 0.3) is 0 Å². The van der Waals surface area contributed by atoms with Crippen LogP contribution in [0.3, 0.4) is 0 Å². The predicted octanol–water partition coefficient (Wildman–Crippen LogP) is 2.14. The third kappa shape index (κ3) is 2.81. The highest BCUT2D eigenvalue weighted by Crippen LogP contribution is 2.27. The molecule has 0 fully saturated rings. The van der Waals surface area contributed by atoms with Gasteiger partial charge >= 0.3 is 0 Å². The number of aromatic nitrogens is 2. The van der Waals surface area contributed by atoms with E-state index in [1.807, 2.05) is 0 Å². The molecule has 0 atom stereocenters. The quantitative estimate of drug-likeness (QED) is 0.808. The molecule has 0 aliphatic heterocycles. The molecular weight excluding hydrogens is 193 g/mol. The van der Waals surface area contributed by atoms with Gasteiger partial charge in [-0.25, -0.2) is 14.4 Å². The highest BCUT2D eigenvalue weighted by atomic mass is 35.5. The summed E-state index contributed by atoms with van der Waals surface area (Å²) in [5, 5.41) is 2.45. The van der Waals surface area contributed by atoms with Gasteiger partial charge in [-0.3, -0.25) is 0 Å². The van der Waals surface area contributed by atoms with E-state index in [-0.39, 0.29) is 23.8 Å². The monoisotopic (exact) mass is 207 g/mol. The van der Waals surface area contributed by atoms with Gasteiger partial charge in [0.05, 0.1) is 11.9 Å². The SMILES string of the molecule is Cl.[2H]C([2H])Nc1cncnc1C(C)(C)F. The summed E-state index contributed by atoms with van der Waals surface area (Å²) in [7, 11) is 0. The second-order valence-corrected chi connectivity index (χ2v) is 2.90. The van der Waals surface area contributed by atoms with E-state index in [0.717, 1.165) is 0 Å². The molecule has 1 aromatic heterocycles. The number of anilines is 1. The number of halogens is 2. The Morgan fingerprint density at radius 1 is 1.62 bits per heavy atom. The molecule has 1 rings (SSSR count). The number of nitrogens with one attached hydrogen (secondary N) is 1. The van der Waals surface area contributed by atoms with Crippen LogP contribution < -0.4 is 5.32 Å². The molecule has 3 nitrogen and oxygen atoms in total. The van der Waals surface area contributed by atoms with Gasteiger partial charge in [-0.05, 0) is 13.8 Å². The molecule has 0 aromatic carbocycles. The number of hydrogen-bond donors (Lipinski definition) is 1. The van der Waals surface area contributed by atoms with E-state index in [1.54, 1.807) is 0 Å². The number of alkyl halides is 1. The summed E-state index contributed by atoms with van der Waals surface area (Å²) < 4.78 is 27.6. The van der Waals surface area contributed by atoms with Gasteiger partial charge in [-0.1, -0.05) is 0 Å². The van der Waals surface area contributed by atoms with Crippen LogP contribution in [0.25, 0.3) is 0 Å². The van der Waals surface area contributed by atoms with Crippen LogP contribution >= 0.6 is 12.4 Å². The van der Waals surface area contributed by atoms with Crippen molar-refractivity contribution in [2.75, 3.05) is 12.3 Å². The first-order valence-corrected chi connectivity index (χ1v) is 3.51. The summed E-state index contributed by atoms with van der Waals surface area (Å²) in [5.74, 6) is 0. The summed E-state index contributed by atoms with van der Waals surface area (Å²) in [5.41, 5.74) is -1.16. The van der Waals surface area contributed by atoms with Crippen LogP contribution in [0.2, 0.25) is 0 Å². The van der Waals surface area contributed by atoms with Crippen molar-refractivity contribution < 1.29 is 7.13 Å². The molecule has 0 radical (unpaired) electrons. The minimum Gasteiger partial charge on any atom is -0.385 e. The van der Waals surface area contributed by atoms with Crippen molar-refractivity contribution in [1.29, 1.82) is 0 Å². The average Bonchev–Trinajstić information content (AvgIpc) is 2.01. The van der Waals surface area contributed by atoms with E-state index < -0.39 is 12.7 Å². The van der Waals surface area contributed by atoms with Crippen molar-refractivity contribution in [1.82, 2.24) is 9.97 Å². The van der Waals surface area contributed by atoms with Crippen LogP contribution in [-0.4, -0.2) is 17.0 Å². The maximum absolute atomic E-state index is 13.6. The summed E-state index contributed by atoms with van der Waals surface area (Å²) in [6, 6.07) is 0. The molecule has 5 heteroatoms. The van der Waals surface area contributed by atoms with E-state index in [4.69, 9.17) is 2.74 Å². The van der Waals surface area contributed by atoms with Gasteiger partial charge in [0, 0.05) is 9.74 Å². The van der Waals surface area contributed by atoms with E-state index >= 15 is 0 Å². The molecule has 1 heterocycles. The molecule has 0 unspecified atom stereocenters. The molecule has 74 valence electrons. The maximum Gasteiger partial charge on any atom is 0.149 e. The first-order chi connectivity index (χ1) is 6.41. The first-order valence-electron chi connectivity index (χ1n) is 4.67. The molecule has 1 N–H and O–H groups in total. The standard InChI is InChI=1S/C8H12FN3.ClH/c1-8(2,9)7-6(10-3)4-11-5-12-7;/h4-5,10H,1-3H3;1H/i3D2;. The molecule has 0 saturated carbocycles. The van der Waals surface area contributed by atoms with Crippen molar-refractivity contribution in [3.05, 3.63) is 18.2 Å². The van der Waals surface area contributed by atoms with Crippen LogP contribution in [0.15, 0.2) is 12.5 Å². The van der Waals surface area contributed by atoms with Gasteiger partial charge in [-0.2, -0.15) is 0 Å². The Labute approximate surface area is 86.0 Å². The molecule has 0 aliphatic carbocycles. The highest BCUT2D eigenvalue weighted by molar-refractivity contribution is 5.85. The molecular formula is C8H13ClFN3. The zero-order valence-electron chi connectivity index (χ0n) is 9.41. The Hall–Kier alpha value is -0.900. The molecule has 13 heavy (non-hydrogen) atoms. The Morgan fingerprint density at radius 3 is 2.85 bits per heavy atom. The minimum absolute atomic E-state index is 0. The third-order valence-corrected chi connectivity index (χ3v) is 1.43. The topological polar surface area (TPSA) is 37.8 Å². The Balaban J connectivity index is 0.00000196. The van der Waals surface area contributed by atoms with Gasteiger partial charge < -0.3 is 5.32 Å². The lowest BCUT2D eigenvalue weighted by Crippen LogP contribution is -2.14. The molecule has 0 spiro atoms. The zero-order valence-corrected chi connectivity index (χ0v) is 8.23. The number of hydrogen-bond acceptors (Lipinski definition) is 3. The number of rotatable bonds is 2. The van der Waals surface area contributed by atoms with Crippen LogP contribution in [0.5, 0.6) is 0 Å². The van der Waals surface area contributed by atoms with Crippen molar-refractivity contribution >= 4 is 18.1 Å². The third-order valence-electron chi connectivity index (χ3n) is 1.43. The van der Waals surface area contributed by atoms with Crippen LogP contribution in [0.4, 0.5) is 10.1 Å². The van der Waals surface area contributed by atoms with Crippen molar-refractivity contribution in [2.45, 2.75) is 19.5 Å². The van der Waals surface area contributed by atoms with Crippen molar-refractivity contribution in [2.24, 2.45) is 0 Å². The molecule has 0 saturated heterocycles. The Kier molecular flexibility index (Phi) is 2.92.